The maximum absolute atomic E-state index is 12.2. The summed E-state index contributed by atoms with van der Waals surface area (Å²) < 4.78 is 5.34. The number of nitrogens with zero attached hydrogens (tertiary/aromatic N) is 1. The summed E-state index contributed by atoms with van der Waals surface area (Å²) in [5, 5.41) is 3.20. The van der Waals surface area contributed by atoms with E-state index >= 15 is 0 Å². The molecular formula is C14H13BrN2O3S. The average Bonchev–Trinajstić information content (AvgIpc) is 2.73. The minimum Gasteiger partial charge on any atom is -0.465 e. The van der Waals surface area contributed by atoms with E-state index in [1.807, 2.05) is 13.8 Å². The normalized spacial score (nSPS) is 10.3. The molecule has 1 N–H and O–H groups in total. The van der Waals surface area contributed by atoms with Crippen LogP contribution in [0.3, 0.4) is 0 Å². The highest BCUT2D eigenvalue weighted by atomic mass is 79.9. The summed E-state index contributed by atoms with van der Waals surface area (Å²) in [6.45, 7) is 3.71. The van der Waals surface area contributed by atoms with E-state index in [9.17, 15) is 9.59 Å². The van der Waals surface area contributed by atoms with Gasteiger partial charge in [-0.25, -0.2) is 9.78 Å². The second-order valence-electron chi connectivity index (χ2n) is 4.28. The Morgan fingerprint density at radius 3 is 2.67 bits per heavy atom. The molecule has 0 unspecified atom stereocenters. The van der Waals surface area contributed by atoms with Gasteiger partial charge in [0.15, 0.2) is 0 Å². The number of hydrogen-bond donors (Lipinski definition) is 1. The van der Waals surface area contributed by atoms with E-state index in [0.29, 0.717) is 15.2 Å². The maximum Gasteiger partial charge on any atom is 0.341 e. The van der Waals surface area contributed by atoms with Crippen molar-refractivity contribution in [3.8, 4) is 0 Å². The van der Waals surface area contributed by atoms with E-state index in [1.54, 1.807) is 18.2 Å². The third-order valence-corrected chi connectivity index (χ3v) is 4.51. The molecule has 0 saturated heterocycles. The number of ether oxygens (including phenoxy) is 1. The van der Waals surface area contributed by atoms with Gasteiger partial charge in [0, 0.05) is 4.88 Å². The van der Waals surface area contributed by atoms with Gasteiger partial charge in [-0.05, 0) is 47.5 Å². The first-order valence-electron chi connectivity index (χ1n) is 6.06. The SMILES string of the molecule is COC(=O)c1c(NC(=O)c2cccc(Br)n2)sc(C)c1C. The second-order valence-corrected chi connectivity index (χ2v) is 6.32. The molecule has 0 bridgehead atoms. The van der Waals surface area contributed by atoms with Crippen molar-refractivity contribution in [3.05, 3.63) is 44.5 Å². The van der Waals surface area contributed by atoms with Crippen molar-refractivity contribution in [3.63, 3.8) is 0 Å². The molecule has 0 radical (unpaired) electrons. The molecule has 0 atom stereocenters. The Balaban J connectivity index is 2.34. The fourth-order valence-electron chi connectivity index (χ4n) is 1.76. The first-order valence-corrected chi connectivity index (χ1v) is 7.67. The molecule has 0 fully saturated rings. The second kappa shape index (κ2) is 6.36. The lowest BCUT2D eigenvalue weighted by atomic mass is 10.1. The molecule has 7 heteroatoms. The summed E-state index contributed by atoms with van der Waals surface area (Å²) in [6.07, 6.45) is 0. The van der Waals surface area contributed by atoms with Crippen LogP contribution in [0.15, 0.2) is 22.8 Å². The van der Waals surface area contributed by atoms with Gasteiger partial charge in [-0.3, -0.25) is 4.79 Å². The number of amides is 1. The third-order valence-electron chi connectivity index (χ3n) is 2.95. The van der Waals surface area contributed by atoms with E-state index in [1.165, 1.54) is 18.4 Å². The lowest BCUT2D eigenvalue weighted by Crippen LogP contribution is -2.15. The van der Waals surface area contributed by atoms with Crippen molar-refractivity contribution in [1.82, 2.24) is 4.98 Å². The number of methoxy groups -OCH3 is 1. The van der Waals surface area contributed by atoms with Gasteiger partial charge in [-0.1, -0.05) is 6.07 Å². The molecule has 0 aliphatic heterocycles. The summed E-state index contributed by atoms with van der Waals surface area (Å²) in [6, 6.07) is 5.06. The smallest absolute Gasteiger partial charge is 0.341 e. The molecule has 0 aliphatic carbocycles. The molecule has 0 spiro atoms. The molecule has 2 aromatic heterocycles. The van der Waals surface area contributed by atoms with E-state index in [2.05, 4.69) is 26.2 Å². The Morgan fingerprint density at radius 1 is 1.33 bits per heavy atom. The Morgan fingerprint density at radius 2 is 2.05 bits per heavy atom. The summed E-state index contributed by atoms with van der Waals surface area (Å²) in [5.74, 6) is -0.836. The van der Waals surface area contributed by atoms with Crippen LogP contribution in [0.4, 0.5) is 5.00 Å². The van der Waals surface area contributed by atoms with Gasteiger partial charge in [0.25, 0.3) is 5.91 Å². The molecule has 2 aromatic rings. The van der Waals surface area contributed by atoms with Crippen molar-refractivity contribution in [1.29, 1.82) is 0 Å². The zero-order valence-corrected chi connectivity index (χ0v) is 14.1. The molecule has 2 heterocycles. The number of rotatable bonds is 3. The number of aryl methyl sites for hydroxylation is 1. The van der Waals surface area contributed by atoms with Crippen LogP contribution < -0.4 is 5.32 Å². The molecule has 5 nitrogen and oxygen atoms in total. The van der Waals surface area contributed by atoms with Crippen molar-refractivity contribution in [2.45, 2.75) is 13.8 Å². The first kappa shape index (κ1) is 15.7. The highest BCUT2D eigenvalue weighted by molar-refractivity contribution is 9.10. The number of nitrogens with one attached hydrogen (secondary N) is 1. The molecule has 21 heavy (non-hydrogen) atoms. The van der Waals surface area contributed by atoms with E-state index in [-0.39, 0.29) is 11.6 Å². The summed E-state index contributed by atoms with van der Waals surface area (Å²) in [7, 11) is 1.32. The highest BCUT2D eigenvalue weighted by Crippen LogP contribution is 2.33. The number of esters is 1. The largest absolute Gasteiger partial charge is 0.465 e. The summed E-state index contributed by atoms with van der Waals surface area (Å²) in [4.78, 5) is 29.1. The lowest BCUT2D eigenvalue weighted by molar-refractivity contribution is 0.0601. The molecule has 0 aliphatic rings. The van der Waals surface area contributed by atoms with Crippen LogP contribution in [0.1, 0.15) is 31.3 Å². The number of carbonyl (C=O) groups excluding carboxylic acids is 2. The van der Waals surface area contributed by atoms with Crippen LogP contribution >= 0.6 is 27.3 Å². The summed E-state index contributed by atoms with van der Waals surface area (Å²) in [5.41, 5.74) is 1.47. The van der Waals surface area contributed by atoms with Gasteiger partial charge in [0.1, 0.15) is 15.3 Å². The van der Waals surface area contributed by atoms with Gasteiger partial charge in [-0.2, -0.15) is 0 Å². The van der Waals surface area contributed by atoms with E-state index in [0.717, 1.165) is 10.4 Å². The molecule has 0 aromatic carbocycles. The predicted octanol–water partition coefficient (Wildman–Crippen LogP) is 3.56. The van der Waals surface area contributed by atoms with Crippen LogP contribution in [-0.2, 0) is 4.74 Å². The monoisotopic (exact) mass is 368 g/mol. The zero-order chi connectivity index (χ0) is 15.6. The number of thiophene rings is 1. The van der Waals surface area contributed by atoms with Crippen LogP contribution in [-0.4, -0.2) is 24.0 Å². The number of aromatic nitrogens is 1. The number of halogens is 1. The minimum absolute atomic E-state index is 0.267. The molecule has 2 rings (SSSR count). The van der Waals surface area contributed by atoms with Crippen molar-refractivity contribution >= 4 is 44.1 Å². The fourth-order valence-corrected chi connectivity index (χ4v) is 3.15. The quantitative estimate of drug-likeness (QED) is 0.664. The fraction of sp³-hybridized carbons (Fsp3) is 0.214. The van der Waals surface area contributed by atoms with Crippen molar-refractivity contribution in [2.24, 2.45) is 0 Å². The van der Waals surface area contributed by atoms with Crippen molar-refractivity contribution in [2.75, 3.05) is 12.4 Å². The minimum atomic E-state index is -0.464. The lowest BCUT2D eigenvalue weighted by Gasteiger charge is -2.06. The predicted molar refractivity (Wildman–Crippen MR) is 85.0 cm³/mol. The Hall–Kier alpha value is -1.73. The van der Waals surface area contributed by atoms with Crippen LogP contribution in [0.2, 0.25) is 0 Å². The first-order chi connectivity index (χ1) is 9.93. The average molecular weight is 369 g/mol. The van der Waals surface area contributed by atoms with Gasteiger partial charge >= 0.3 is 5.97 Å². The van der Waals surface area contributed by atoms with Crippen LogP contribution in [0, 0.1) is 13.8 Å². The summed E-state index contributed by atoms with van der Waals surface area (Å²) >= 11 is 4.56. The van der Waals surface area contributed by atoms with Crippen LogP contribution in [0.5, 0.6) is 0 Å². The van der Waals surface area contributed by atoms with Gasteiger partial charge in [0.2, 0.25) is 0 Å². The molecule has 0 saturated carbocycles. The van der Waals surface area contributed by atoms with Gasteiger partial charge in [-0.15, -0.1) is 11.3 Å². The maximum atomic E-state index is 12.2. The number of pyridine rings is 1. The van der Waals surface area contributed by atoms with Gasteiger partial charge in [0.05, 0.1) is 12.7 Å². The van der Waals surface area contributed by atoms with E-state index in [4.69, 9.17) is 4.74 Å². The third kappa shape index (κ3) is 3.30. The Kier molecular flexibility index (Phi) is 4.74. The molecular weight excluding hydrogens is 356 g/mol. The van der Waals surface area contributed by atoms with Crippen molar-refractivity contribution < 1.29 is 14.3 Å². The standard InChI is InChI=1S/C14H13BrN2O3S/c1-7-8(2)21-13(11(7)14(19)20-3)17-12(18)9-5-4-6-10(15)16-9/h4-6H,1-3H3,(H,17,18). The topological polar surface area (TPSA) is 68.3 Å². The van der Waals surface area contributed by atoms with Gasteiger partial charge < -0.3 is 10.1 Å². The highest BCUT2D eigenvalue weighted by Gasteiger charge is 2.22. The molecule has 110 valence electrons. The number of anilines is 1. The molecule has 1 amide bonds. The van der Waals surface area contributed by atoms with Crippen LogP contribution in [0.25, 0.3) is 0 Å². The van der Waals surface area contributed by atoms with E-state index < -0.39 is 5.97 Å². The number of carbonyl (C=O) groups is 2. The Bertz CT molecular complexity index is 712. The number of hydrogen-bond acceptors (Lipinski definition) is 5. The zero-order valence-electron chi connectivity index (χ0n) is 11.7. The Labute approximate surface area is 134 Å².